The van der Waals surface area contributed by atoms with Crippen LogP contribution in [0.1, 0.15) is 69.0 Å². The number of benzene rings is 1. The predicted octanol–water partition coefficient (Wildman–Crippen LogP) is 3.83. The summed E-state index contributed by atoms with van der Waals surface area (Å²) in [6, 6.07) is 10.8. The molecule has 1 aliphatic heterocycles. The van der Waals surface area contributed by atoms with Crippen molar-refractivity contribution in [3.8, 4) is 0 Å². The second kappa shape index (κ2) is 5.87. The Labute approximate surface area is 123 Å². The average Bonchev–Trinajstić information content (AvgIpc) is 3.26. The molecule has 20 heavy (non-hydrogen) atoms. The van der Waals surface area contributed by atoms with E-state index in [9.17, 15) is 0 Å². The molecule has 2 heteroatoms. The molecule has 110 valence electrons. The first kappa shape index (κ1) is 14.1. The summed E-state index contributed by atoms with van der Waals surface area (Å²) in [6.45, 7) is 5.43. The Morgan fingerprint density at radius 3 is 2.60 bits per heavy atom. The predicted molar refractivity (Wildman–Crippen MR) is 84.8 cm³/mol. The minimum absolute atomic E-state index is 0.411. The third-order valence-corrected chi connectivity index (χ3v) is 5.27. The largest absolute Gasteiger partial charge is 0.329 e. The summed E-state index contributed by atoms with van der Waals surface area (Å²) in [5.74, 6) is 0.804. The van der Waals surface area contributed by atoms with Gasteiger partial charge < -0.3 is 5.73 Å². The van der Waals surface area contributed by atoms with E-state index in [0.717, 1.165) is 12.5 Å². The van der Waals surface area contributed by atoms with Crippen molar-refractivity contribution in [3.63, 3.8) is 0 Å². The van der Waals surface area contributed by atoms with Crippen LogP contribution >= 0.6 is 0 Å². The zero-order valence-corrected chi connectivity index (χ0v) is 12.9. The Balaban J connectivity index is 1.93. The van der Waals surface area contributed by atoms with E-state index < -0.39 is 0 Å². The molecule has 2 nitrogen and oxygen atoms in total. The lowest BCUT2D eigenvalue weighted by Crippen LogP contribution is -2.41. The summed E-state index contributed by atoms with van der Waals surface area (Å²) in [5, 5.41) is 0. The van der Waals surface area contributed by atoms with Crippen molar-refractivity contribution in [2.24, 2.45) is 5.73 Å². The lowest BCUT2D eigenvalue weighted by molar-refractivity contribution is 0.136. The molecule has 0 amide bonds. The Morgan fingerprint density at radius 1 is 1.20 bits per heavy atom. The van der Waals surface area contributed by atoms with E-state index in [1.807, 2.05) is 0 Å². The van der Waals surface area contributed by atoms with Gasteiger partial charge in [0.15, 0.2) is 0 Å². The summed E-state index contributed by atoms with van der Waals surface area (Å²) in [5.41, 5.74) is 9.28. The van der Waals surface area contributed by atoms with Crippen molar-refractivity contribution >= 4 is 0 Å². The summed E-state index contributed by atoms with van der Waals surface area (Å²) in [6.07, 6.45) is 6.62. The van der Waals surface area contributed by atoms with Crippen molar-refractivity contribution in [1.29, 1.82) is 0 Å². The summed E-state index contributed by atoms with van der Waals surface area (Å²) >= 11 is 0. The van der Waals surface area contributed by atoms with Crippen molar-refractivity contribution in [2.45, 2.75) is 70.0 Å². The fraction of sp³-hybridized carbons (Fsp3) is 0.667. The van der Waals surface area contributed by atoms with E-state index in [1.54, 1.807) is 5.56 Å². The smallest absolute Gasteiger partial charge is 0.0479 e. The fourth-order valence-corrected chi connectivity index (χ4v) is 4.06. The van der Waals surface area contributed by atoms with Crippen LogP contribution in [0.3, 0.4) is 0 Å². The standard InChI is InChI=1S/C18H28N2/c1-3-15-11-8-13(2)20(15)18(12-19)17-7-5-4-6-16(17)14-9-10-14/h4-7,13-15,18H,3,8-12,19H2,1-2H3. The number of rotatable bonds is 5. The molecule has 3 atom stereocenters. The Bertz CT molecular complexity index is 452. The number of hydrogen-bond acceptors (Lipinski definition) is 2. The molecule has 1 saturated carbocycles. The average molecular weight is 272 g/mol. The highest BCUT2D eigenvalue weighted by Gasteiger charge is 2.37. The van der Waals surface area contributed by atoms with E-state index in [0.29, 0.717) is 18.1 Å². The molecule has 2 fully saturated rings. The van der Waals surface area contributed by atoms with Gasteiger partial charge in [-0.25, -0.2) is 0 Å². The first-order valence-electron chi connectivity index (χ1n) is 8.32. The Kier molecular flexibility index (Phi) is 4.13. The van der Waals surface area contributed by atoms with Gasteiger partial charge in [-0.15, -0.1) is 0 Å². The molecule has 2 aliphatic rings. The van der Waals surface area contributed by atoms with Gasteiger partial charge in [0.2, 0.25) is 0 Å². The van der Waals surface area contributed by atoms with Crippen LogP contribution in [0.25, 0.3) is 0 Å². The number of nitrogens with zero attached hydrogens (tertiary/aromatic N) is 1. The van der Waals surface area contributed by atoms with Crippen molar-refractivity contribution < 1.29 is 0 Å². The van der Waals surface area contributed by atoms with Gasteiger partial charge in [0, 0.05) is 24.7 Å². The topological polar surface area (TPSA) is 29.3 Å². The van der Waals surface area contributed by atoms with Crippen molar-refractivity contribution in [1.82, 2.24) is 4.90 Å². The molecular weight excluding hydrogens is 244 g/mol. The lowest BCUT2D eigenvalue weighted by atomic mass is 9.94. The minimum atomic E-state index is 0.411. The molecule has 0 bridgehead atoms. The third-order valence-electron chi connectivity index (χ3n) is 5.27. The summed E-state index contributed by atoms with van der Waals surface area (Å²) in [4.78, 5) is 2.71. The van der Waals surface area contributed by atoms with Crippen molar-refractivity contribution in [2.75, 3.05) is 6.54 Å². The highest BCUT2D eigenvalue weighted by Crippen LogP contribution is 2.45. The number of nitrogens with two attached hydrogens (primary N) is 1. The molecule has 0 radical (unpaired) electrons. The number of likely N-dealkylation sites (tertiary alicyclic amines) is 1. The highest BCUT2D eigenvalue weighted by atomic mass is 15.2. The SMILES string of the molecule is CCC1CCC(C)N1C(CN)c1ccccc1C1CC1. The zero-order valence-electron chi connectivity index (χ0n) is 12.9. The van der Waals surface area contributed by atoms with Gasteiger partial charge in [-0.1, -0.05) is 31.2 Å². The van der Waals surface area contributed by atoms with Crippen LogP contribution in [-0.2, 0) is 0 Å². The van der Waals surface area contributed by atoms with Crippen LogP contribution in [0, 0.1) is 0 Å². The molecular formula is C18H28N2. The molecule has 2 N–H and O–H groups in total. The lowest BCUT2D eigenvalue weighted by Gasteiger charge is -2.36. The molecule has 0 aromatic heterocycles. The molecule has 1 heterocycles. The molecule has 0 spiro atoms. The Hall–Kier alpha value is -0.860. The van der Waals surface area contributed by atoms with Crippen LogP contribution in [-0.4, -0.2) is 23.5 Å². The van der Waals surface area contributed by atoms with Crippen molar-refractivity contribution in [3.05, 3.63) is 35.4 Å². The Morgan fingerprint density at radius 2 is 1.95 bits per heavy atom. The fourth-order valence-electron chi connectivity index (χ4n) is 4.06. The van der Waals surface area contributed by atoms with Gasteiger partial charge in [0.05, 0.1) is 0 Å². The monoisotopic (exact) mass is 272 g/mol. The summed E-state index contributed by atoms with van der Waals surface area (Å²) < 4.78 is 0. The van der Waals surface area contributed by atoms with Gasteiger partial charge >= 0.3 is 0 Å². The van der Waals surface area contributed by atoms with Crippen LogP contribution in [0.4, 0.5) is 0 Å². The first-order chi connectivity index (χ1) is 9.76. The normalized spacial score (nSPS) is 28.8. The maximum Gasteiger partial charge on any atom is 0.0479 e. The van der Waals surface area contributed by atoms with E-state index in [-0.39, 0.29) is 0 Å². The maximum atomic E-state index is 6.21. The highest BCUT2D eigenvalue weighted by molar-refractivity contribution is 5.36. The van der Waals surface area contributed by atoms with Crippen LogP contribution < -0.4 is 5.73 Å². The van der Waals surface area contributed by atoms with Gasteiger partial charge in [0.25, 0.3) is 0 Å². The van der Waals surface area contributed by atoms with Gasteiger partial charge in [-0.3, -0.25) is 4.90 Å². The molecule has 1 aromatic rings. The van der Waals surface area contributed by atoms with Crippen LogP contribution in [0.2, 0.25) is 0 Å². The second-order valence-electron chi connectivity index (χ2n) is 6.59. The molecule has 1 aromatic carbocycles. The van der Waals surface area contributed by atoms with Crippen LogP contribution in [0.15, 0.2) is 24.3 Å². The molecule has 3 rings (SSSR count). The second-order valence-corrected chi connectivity index (χ2v) is 6.59. The molecule has 1 aliphatic carbocycles. The van der Waals surface area contributed by atoms with E-state index in [2.05, 4.69) is 43.0 Å². The summed E-state index contributed by atoms with van der Waals surface area (Å²) in [7, 11) is 0. The first-order valence-corrected chi connectivity index (χ1v) is 8.32. The quantitative estimate of drug-likeness (QED) is 0.882. The van der Waals surface area contributed by atoms with Gasteiger partial charge in [-0.05, 0) is 56.1 Å². The van der Waals surface area contributed by atoms with Gasteiger partial charge in [-0.2, -0.15) is 0 Å². The van der Waals surface area contributed by atoms with E-state index in [4.69, 9.17) is 5.73 Å². The van der Waals surface area contributed by atoms with Crippen LogP contribution in [0.5, 0.6) is 0 Å². The molecule has 1 saturated heterocycles. The third kappa shape index (κ3) is 2.51. The number of hydrogen-bond donors (Lipinski definition) is 1. The van der Waals surface area contributed by atoms with E-state index in [1.165, 1.54) is 37.7 Å². The maximum absolute atomic E-state index is 6.21. The van der Waals surface area contributed by atoms with Gasteiger partial charge in [0.1, 0.15) is 0 Å². The zero-order chi connectivity index (χ0) is 14.1. The minimum Gasteiger partial charge on any atom is -0.329 e. The van der Waals surface area contributed by atoms with E-state index >= 15 is 0 Å². The molecule has 3 unspecified atom stereocenters.